The van der Waals surface area contributed by atoms with Crippen LogP contribution in [0.25, 0.3) is 0 Å². The van der Waals surface area contributed by atoms with Gasteiger partial charge >= 0.3 is 0 Å². The van der Waals surface area contributed by atoms with Crippen LogP contribution in [-0.4, -0.2) is 16.4 Å². The first kappa shape index (κ1) is 19.9. The first-order valence-corrected chi connectivity index (χ1v) is 8.35. The fourth-order valence-electron chi connectivity index (χ4n) is 2.54. The highest BCUT2D eigenvalue weighted by molar-refractivity contribution is 5.99. The smallest absolute Gasteiger partial charge is 0.275 e. The minimum Gasteiger partial charge on any atom is -0.310 e. The molecule has 2 amide bonds. The van der Waals surface area contributed by atoms with Gasteiger partial charge in [-0.2, -0.15) is 0 Å². The molecule has 148 valence electrons. The summed E-state index contributed by atoms with van der Waals surface area (Å²) in [7, 11) is 0. The highest BCUT2D eigenvalue weighted by Gasteiger charge is 2.16. The molecule has 0 atom stereocenters. The maximum absolute atomic E-state index is 13.6. The topological polar surface area (TPSA) is 80.2 Å². The van der Waals surface area contributed by atoms with Crippen LogP contribution in [0.3, 0.4) is 0 Å². The Hall–Kier alpha value is -3.88. The highest BCUT2D eigenvalue weighted by Crippen LogP contribution is 2.09. The van der Waals surface area contributed by atoms with Crippen LogP contribution in [0.15, 0.2) is 65.6 Å². The summed E-state index contributed by atoms with van der Waals surface area (Å²) in [4.78, 5) is 36.7. The third-order valence-corrected chi connectivity index (χ3v) is 4.00. The Labute approximate surface area is 162 Å². The number of carbonyl (C=O) groups is 2. The van der Waals surface area contributed by atoms with Gasteiger partial charge in [0.1, 0.15) is 23.0 Å². The van der Waals surface area contributed by atoms with Crippen molar-refractivity contribution in [2.75, 3.05) is 0 Å². The Morgan fingerprint density at radius 1 is 0.828 bits per heavy atom. The van der Waals surface area contributed by atoms with E-state index in [1.165, 1.54) is 47.2 Å². The molecular weight excluding hydrogens is 387 g/mol. The summed E-state index contributed by atoms with van der Waals surface area (Å²) in [5.41, 5.74) is 3.24. The van der Waals surface area contributed by atoms with Gasteiger partial charge < -0.3 is 4.57 Å². The van der Waals surface area contributed by atoms with Crippen LogP contribution in [0, 0.1) is 17.5 Å². The van der Waals surface area contributed by atoms with E-state index in [2.05, 4.69) is 0 Å². The molecule has 9 heteroatoms. The minimum atomic E-state index is -1.10. The van der Waals surface area contributed by atoms with Crippen LogP contribution in [-0.2, 0) is 6.54 Å². The van der Waals surface area contributed by atoms with Gasteiger partial charge in [-0.1, -0.05) is 12.1 Å². The molecular formula is C20H14F3N3O3. The molecule has 0 spiro atoms. The molecule has 3 aromatic rings. The lowest BCUT2D eigenvalue weighted by molar-refractivity contribution is 0.0843. The van der Waals surface area contributed by atoms with Gasteiger partial charge in [-0.15, -0.1) is 0 Å². The lowest BCUT2D eigenvalue weighted by Gasteiger charge is -2.10. The van der Waals surface area contributed by atoms with Crippen molar-refractivity contribution in [3.63, 3.8) is 0 Å². The molecule has 0 aliphatic heterocycles. The number of hydrogen-bond donors (Lipinski definition) is 2. The third kappa shape index (κ3) is 4.70. The third-order valence-electron chi connectivity index (χ3n) is 4.00. The second-order valence-electron chi connectivity index (χ2n) is 6.01. The van der Waals surface area contributed by atoms with Crippen molar-refractivity contribution < 1.29 is 22.8 Å². The molecule has 3 rings (SSSR count). The minimum absolute atomic E-state index is 0.105. The Bertz CT molecular complexity index is 1130. The molecule has 0 saturated carbocycles. The van der Waals surface area contributed by atoms with Crippen LogP contribution in [0.5, 0.6) is 0 Å². The molecule has 1 heterocycles. The molecule has 2 aromatic carbocycles. The SMILES string of the molecule is O=C(NNC(=O)c1cccn(Cc2ccc(F)cc2)c1=O)c1ccc(F)cc1F. The molecule has 0 saturated heterocycles. The van der Waals surface area contributed by atoms with E-state index in [0.717, 1.165) is 12.1 Å². The van der Waals surface area contributed by atoms with Gasteiger partial charge in [0.25, 0.3) is 17.4 Å². The largest absolute Gasteiger partial charge is 0.310 e. The summed E-state index contributed by atoms with van der Waals surface area (Å²) < 4.78 is 40.7. The number of halogens is 3. The zero-order chi connectivity index (χ0) is 21.0. The van der Waals surface area contributed by atoms with Crippen molar-refractivity contribution in [2.24, 2.45) is 0 Å². The van der Waals surface area contributed by atoms with E-state index in [-0.39, 0.29) is 12.1 Å². The molecule has 0 aliphatic rings. The van der Waals surface area contributed by atoms with Crippen molar-refractivity contribution in [2.45, 2.75) is 6.54 Å². The average Bonchev–Trinajstić information content (AvgIpc) is 2.69. The summed E-state index contributed by atoms with van der Waals surface area (Å²) in [5.74, 6) is -4.30. The number of carbonyl (C=O) groups excluding carboxylic acids is 2. The number of aromatic nitrogens is 1. The summed E-state index contributed by atoms with van der Waals surface area (Å²) in [6, 6.07) is 10.6. The predicted molar refractivity (Wildman–Crippen MR) is 97.5 cm³/mol. The fourth-order valence-corrected chi connectivity index (χ4v) is 2.54. The van der Waals surface area contributed by atoms with Crippen LogP contribution < -0.4 is 16.4 Å². The first-order chi connectivity index (χ1) is 13.8. The maximum Gasteiger partial charge on any atom is 0.275 e. The molecule has 0 radical (unpaired) electrons. The zero-order valence-electron chi connectivity index (χ0n) is 14.8. The van der Waals surface area contributed by atoms with Gasteiger partial charge in [-0.05, 0) is 42.0 Å². The van der Waals surface area contributed by atoms with Gasteiger partial charge in [0.2, 0.25) is 0 Å². The first-order valence-electron chi connectivity index (χ1n) is 8.35. The molecule has 0 fully saturated rings. The van der Waals surface area contributed by atoms with Crippen molar-refractivity contribution in [1.29, 1.82) is 0 Å². The Morgan fingerprint density at radius 2 is 1.45 bits per heavy atom. The van der Waals surface area contributed by atoms with Crippen molar-refractivity contribution in [3.05, 3.63) is 105 Å². The van der Waals surface area contributed by atoms with E-state index >= 15 is 0 Å². The molecule has 6 nitrogen and oxygen atoms in total. The summed E-state index contributed by atoms with van der Waals surface area (Å²) in [6.45, 7) is 0.105. The van der Waals surface area contributed by atoms with Crippen LogP contribution in [0.4, 0.5) is 13.2 Å². The number of pyridine rings is 1. The van der Waals surface area contributed by atoms with Gasteiger partial charge in [-0.25, -0.2) is 13.2 Å². The van der Waals surface area contributed by atoms with E-state index in [9.17, 15) is 27.6 Å². The summed E-state index contributed by atoms with van der Waals surface area (Å²) in [5, 5.41) is 0. The number of hydrogen-bond acceptors (Lipinski definition) is 3. The number of hydrazine groups is 1. The summed E-state index contributed by atoms with van der Waals surface area (Å²) >= 11 is 0. The predicted octanol–water partition coefficient (Wildman–Crippen LogP) is 2.39. The van der Waals surface area contributed by atoms with Crippen LogP contribution >= 0.6 is 0 Å². The molecule has 0 unspecified atom stereocenters. The number of amides is 2. The number of nitrogens with one attached hydrogen (secondary N) is 2. The monoisotopic (exact) mass is 401 g/mol. The highest BCUT2D eigenvalue weighted by atomic mass is 19.1. The average molecular weight is 401 g/mol. The van der Waals surface area contributed by atoms with Crippen LogP contribution in [0.2, 0.25) is 0 Å². The van der Waals surface area contributed by atoms with Crippen molar-refractivity contribution >= 4 is 11.8 Å². The Morgan fingerprint density at radius 3 is 2.10 bits per heavy atom. The van der Waals surface area contributed by atoms with E-state index in [1.54, 1.807) is 0 Å². The molecule has 2 N–H and O–H groups in total. The quantitative estimate of drug-likeness (QED) is 0.659. The van der Waals surface area contributed by atoms with Crippen LogP contribution in [0.1, 0.15) is 26.3 Å². The Balaban J connectivity index is 1.71. The second kappa shape index (κ2) is 8.42. The molecule has 1 aromatic heterocycles. The van der Waals surface area contributed by atoms with Gasteiger partial charge in [0, 0.05) is 12.3 Å². The van der Waals surface area contributed by atoms with E-state index in [4.69, 9.17) is 0 Å². The van der Waals surface area contributed by atoms with E-state index in [1.807, 2.05) is 10.9 Å². The van der Waals surface area contributed by atoms with Gasteiger partial charge in [-0.3, -0.25) is 25.2 Å². The zero-order valence-corrected chi connectivity index (χ0v) is 14.8. The lowest BCUT2D eigenvalue weighted by Crippen LogP contribution is -2.44. The number of rotatable bonds is 4. The van der Waals surface area contributed by atoms with Crippen molar-refractivity contribution in [1.82, 2.24) is 15.4 Å². The van der Waals surface area contributed by atoms with Crippen molar-refractivity contribution in [3.8, 4) is 0 Å². The molecule has 0 bridgehead atoms. The maximum atomic E-state index is 13.6. The van der Waals surface area contributed by atoms with Gasteiger partial charge in [0.15, 0.2) is 0 Å². The van der Waals surface area contributed by atoms with Gasteiger partial charge in [0.05, 0.1) is 12.1 Å². The second-order valence-corrected chi connectivity index (χ2v) is 6.01. The lowest BCUT2D eigenvalue weighted by atomic mass is 10.2. The summed E-state index contributed by atoms with van der Waals surface area (Å²) in [6.07, 6.45) is 1.45. The Kier molecular flexibility index (Phi) is 5.77. The van der Waals surface area contributed by atoms with E-state index < -0.39 is 40.4 Å². The fraction of sp³-hybridized carbons (Fsp3) is 0.0500. The number of nitrogens with zero attached hydrogens (tertiary/aromatic N) is 1. The number of benzene rings is 2. The van der Waals surface area contributed by atoms with E-state index in [0.29, 0.717) is 11.6 Å². The molecule has 0 aliphatic carbocycles. The molecule has 29 heavy (non-hydrogen) atoms. The standard InChI is InChI=1S/C20H14F3N3O3/c21-13-5-3-12(4-6-13)11-26-9-1-2-16(20(26)29)19(28)25-24-18(27)15-8-7-14(22)10-17(15)23/h1-10H,11H2,(H,24,27)(H,25,28). The normalized spacial score (nSPS) is 10.4.